The van der Waals surface area contributed by atoms with Crippen LogP contribution in [-0.2, 0) is 11.2 Å². The lowest BCUT2D eigenvalue weighted by molar-refractivity contribution is -0.136. The first-order valence-electron chi connectivity index (χ1n) is 7.83. The van der Waals surface area contributed by atoms with Crippen molar-refractivity contribution in [1.29, 1.82) is 0 Å². The van der Waals surface area contributed by atoms with E-state index in [0.29, 0.717) is 5.69 Å². The van der Waals surface area contributed by atoms with Crippen LogP contribution in [0.1, 0.15) is 5.69 Å². The fraction of sp³-hybridized carbons (Fsp3) is 0.111. The van der Waals surface area contributed by atoms with Crippen molar-refractivity contribution in [2.45, 2.75) is 10.6 Å². The maximum absolute atomic E-state index is 10.9. The number of thiazole rings is 1. The highest BCUT2D eigenvalue weighted by atomic mass is 32.2. The number of carboxylic acid groups (broad SMARTS) is 1. The number of H-pyrrole nitrogens is 1. The van der Waals surface area contributed by atoms with Crippen molar-refractivity contribution in [3.63, 3.8) is 0 Å². The maximum Gasteiger partial charge on any atom is 0.309 e. The van der Waals surface area contributed by atoms with E-state index in [1.807, 2.05) is 19.2 Å². The number of fused-ring (bicyclic) bond motifs is 1. The fourth-order valence-corrected chi connectivity index (χ4v) is 5.26. The Labute approximate surface area is 162 Å². The molecule has 5 nitrogen and oxygen atoms in total. The van der Waals surface area contributed by atoms with Gasteiger partial charge in [0.2, 0.25) is 0 Å². The van der Waals surface area contributed by atoms with Gasteiger partial charge >= 0.3 is 5.97 Å². The van der Waals surface area contributed by atoms with Gasteiger partial charge in [-0.15, -0.1) is 22.7 Å². The van der Waals surface area contributed by atoms with E-state index in [-0.39, 0.29) is 6.42 Å². The summed E-state index contributed by atoms with van der Waals surface area (Å²) >= 11 is 4.86. The third-order valence-corrected chi connectivity index (χ3v) is 6.69. The number of hydrogen-bond donors (Lipinski definition) is 2. The van der Waals surface area contributed by atoms with Crippen molar-refractivity contribution >= 4 is 57.2 Å². The summed E-state index contributed by atoms with van der Waals surface area (Å²) in [5.41, 5.74) is 3.63. The van der Waals surface area contributed by atoms with E-state index in [0.717, 1.165) is 27.3 Å². The number of rotatable bonds is 6. The highest BCUT2D eigenvalue weighted by molar-refractivity contribution is 8.02. The molecule has 0 unspecified atom stereocenters. The van der Waals surface area contributed by atoms with E-state index in [2.05, 4.69) is 43.9 Å². The standard InChI is InChI=1S/C18H15N3O2S3/c1-21(26-16-6-3-7-24-16)14-5-2-4-11-8-13(20-17(11)14)18-19-12(10-25-18)9-15(22)23/h2-8,10,20H,9H2,1H3,(H,22,23). The van der Waals surface area contributed by atoms with E-state index in [1.165, 1.54) is 15.5 Å². The Morgan fingerprint density at radius 1 is 1.31 bits per heavy atom. The highest BCUT2D eigenvalue weighted by Gasteiger charge is 2.14. The minimum atomic E-state index is -0.868. The number of aromatic amines is 1. The number of nitrogens with one attached hydrogen (secondary N) is 1. The molecule has 3 heterocycles. The Hall–Kier alpha value is -2.29. The summed E-state index contributed by atoms with van der Waals surface area (Å²) in [6, 6.07) is 12.4. The highest BCUT2D eigenvalue weighted by Crippen LogP contribution is 2.36. The lowest BCUT2D eigenvalue weighted by Gasteiger charge is -2.17. The van der Waals surface area contributed by atoms with Gasteiger partial charge in [-0.05, 0) is 35.5 Å². The predicted octanol–water partition coefficient (Wildman–Crippen LogP) is 5.12. The molecule has 26 heavy (non-hydrogen) atoms. The number of nitrogens with zero attached hydrogens (tertiary/aromatic N) is 2. The van der Waals surface area contributed by atoms with E-state index in [9.17, 15) is 4.79 Å². The zero-order valence-electron chi connectivity index (χ0n) is 13.8. The van der Waals surface area contributed by atoms with Crippen molar-refractivity contribution < 1.29 is 9.90 Å². The SMILES string of the molecule is CN(Sc1cccs1)c1cccc2cc(-c3nc(CC(=O)O)cs3)[nH]c12. The van der Waals surface area contributed by atoms with Gasteiger partial charge in [-0.25, -0.2) is 4.98 Å². The number of para-hydroxylation sites is 1. The van der Waals surface area contributed by atoms with E-state index >= 15 is 0 Å². The molecule has 0 spiro atoms. The van der Waals surface area contributed by atoms with Crippen molar-refractivity contribution in [1.82, 2.24) is 9.97 Å². The lowest BCUT2D eigenvalue weighted by Crippen LogP contribution is -2.05. The minimum absolute atomic E-state index is 0.0534. The Morgan fingerprint density at radius 2 is 2.19 bits per heavy atom. The summed E-state index contributed by atoms with van der Waals surface area (Å²) < 4.78 is 3.38. The van der Waals surface area contributed by atoms with Gasteiger partial charge in [0.15, 0.2) is 0 Å². The van der Waals surface area contributed by atoms with Gasteiger partial charge in [0.1, 0.15) is 5.01 Å². The molecule has 0 aliphatic carbocycles. The van der Waals surface area contributed by atoms with Gasteiger partial charge in [-0.3, -0.25) is 4.79 Å². The summed E-state index contributed by atoms with van der Waals surface area (Å²) in [7, 11) is 2.05. The molecular formula is C18H15N3O2S3. The van der Waals surface area contributed by atoms with Crippen molar-refractivity contribution in [3.8, 4) is 10.7 Å². The number of aromatic nitrogens is 2. The van der Waals surface area contributed by atoms with Crippen LogP contribution < -0.4 is 4.31 Å². The molecule has 132 valence electrons. The number of hydrogen-bond acceptors (Lipinski definition) is 6. The van der Waals surface area contributed by atoms with Crippen LogP contribution in [0.25, 0.3) is 21.6 Å². The molecule has 0 saturated heterocycles. The predicted molar refractivity (Wildman–Crippen MR) is 109 cm³/mol. The Balaban J connectivity index is 1.67. The van der Waals surface area contributed by atoms with Gasteiger partial charge in [-0.1, -0.05) is 18.2 Å². The second kappa shape index (κ2) is 7.14. The second-order valence-corrected chi connectivity index (χ2v) is 8.89. The summed E-state index contributed by atoms with van der Waals surface area (Å²) in [4.78, 5) is 18.8. The second-order valence-electron chi connectivity index (χ2n) is 5.66. The van der Waals surface area contributed by atoms with Gasteiger partial charge in [0.25, 0.3) is 0 Å². The molecule has 0 aliphatic heterocycles. The quantitative estimate of drug-likeness (QED) is 0.439. The summed E-state index contributed by atoms with van der Waals surface area (Å²) in [5.74, 6) is -0.868. The summed E-state index contributed by atoms with van der Waals surface area (Å²) in [6.07, 6.45) is -0.0534. The van der Waals surface area contributed by atoms with Crippen LogP contribution in [0.4, 0.5) is 5.69 Å². The monoisotopic (exact) mass is 401 g/mol. The zero-order chi connectivity index (χ0) is 18.1. The first kappa shape index (κ1) is 17.1. The van der Waals surface area contributed by atoms with E-state index < -0.39 is 5.97 Å². The Morgan fingerprint density at radius 3 is 2.96 bits per heavy atom. The molecular weight excluding hydrogens is 386 g/mol. The summed E-state index contributed by atoms with van der Waals surface area (Å²) in [5, 5.41) is 14.7. The molecule has 0 saturated carbocycles. The zero-order valence-corrected chi connectivity index (χ0v) is 16.3. The third kappa shape index (κ3) is 3.48. The molecule has 0 atom stereocenters. The molecule has 4 rings (SSSR count). The van der Waals surface area contributed by atoms with Gasteiger partial charge in [0, 0.05) is 17.8 Å². The van der Waals surface area contributed by atoms with E-state index in [1.54, 1.807) is 28.7 Å². The largest absolute Gasteiger partial charge is 0.481 e. The average molecular weight is 402 g/mol. The number of carbonyl (C=O) groups is 1. The number of aliphatic carboxylic acids is 1. The van der Waals surface area contributed by atoms with Crippen LogP contribution in [-0.4, -0.2) is 28.1 Å². The molecule has 0 fully saturated rings. The van der Waals surface area contributed by atoms with Crippen LogP contribution in [0.5, 0.6) is 0 Å². The normalized spacial score (nSPS) is 11.1. The molecule has 8 heteroatoms. The number of thiophene rings is 1. The smallest absolute Gasteiger partial charge is 0.309 e. The molecule has 0 radical (unpaired) electrons. The van der Waals surface area contributed by atoms with Gasteiger partial charge < -0.3 is 14.4 Å². The van der Waals surface area contributed by atoms with Crippen LogP contribution in [0.2, 0.25) is 0 Å². The van der Waals surface area contributed by atoms with Crippen molar-refractivity contribution in [2.75, 3.05) is 11.4 Å². The third-order valence-electron chi connectivity index (χ3n) is 3.81. The van der Waals surface area contributed by atoms with E-state index in [4.69, 9.17) is 5.11 Å². The molecule has 0 amide bonds. The minimum Gasteiger partial charge on any atom is -0.481 e. The average Bonchev–Trinajstić information content (AvgIpc) is 3.33. The fourth-order valence-electron chi connectivity index (χ4n) is 2.68. The number of benzene rings is 1. The molecule has 2 N–H and O–H groups in total. The lowest BCUT2D eigenvalue weighted by atomic mass is 10.2. The number of anilines is 1. The molecule has 4 aromatic rings. The molecule has 3 aromatic heterocycles. The van der Waals surface area contributed by atoms with Crippen molar-refractivity contribution in [2.24, 2.45) is 0 Å². The van der Waals surface area contributed by atoms with Crippen LogP contribution in [0.3, 0.4) is 0 Å². The first-order chi connectivity index (χ1) is 12.6. The van der Waals surface area contributed by atoms with Crippen LogP contribution in [0, 0.1) is 0 Å². The van der Waals surface area contributed by atoms with Crippen LogP contribution in [0.15, 0.2) is 51.4 Å². The molecule has 1 aromatic carbocycles. The topological polar surface area (TPSA) is 69.2 Å². The molecule has 0 aliphatic rings. The Bertz CT molecular complexity index is 1050. The maximum atomic E-state index is 10.9. The molecule has 0 bridgehead atoms. The first-order valence-corrected chi connectivity index (χ1v) is 10.4. The van der Waals surface area contributed by atoms with Crippen LogP contribution >= 0.6 is 34.6 Å². The Kier molecular flexibility index (Phi) is 4.71. The number of carboxylic acids is 1. The summed E-state index contributed by atoms with van der Waals surface area (Å²) in [6.45, 7) is 0. The van der Waals surface area contributed by atoms with Gasteiger partial charge in [0.05, 0.1) is 33.2 Å². The van der Waals surface area contributed by atoms with Gasteiger partial charge in [-0.2, -0.15) is 0 Å². The van der Waals surface area contributed by atoms with Crippen molar-refractivity contribution in [3.05, 3.63) is 52.9 Å².